The van der Waals surface area contributed by atoms with E-state index in [1.54, 1.807) is 37.5 Å². The number of halogens is 1. The molecule has 0 unspecified atom stereocenters. The number of ether oxygens (including phenoxy) is 2. The van der Waals surface area contributed by atoms with E-state index in [0.29, 0.717) is 15.0 Å². The number of Topliss-reactive ketones (excluding diaryl/α,β-unsaturated/α-hetero) is 1. The molecular weight excluding hydrogens is 324 g/mol. The first-order chi connectivity index (χ1) is 10.6. The van der Waals surface area contributed by atoms with Crippen molar-refractivity contribution in [2.24, 2.45) is 0 Å². The quantitative estimate of drug-likeness (QED) is 0.457. The lowest BCUT2D eigenvalue weighted by atomic mass is 10.2. The van der Waals surface area contributed by atoms with Crippen LogP contribution in [0.2, 0.25) is 4.34 Å². The van der Waals surface area contributed by atoms with Gasteiger partial charge < -0.3 is 9.47 Å². The molecule has 0 fully saturated rings. The van der Waals surface area contributed by atoms with Gasteiger partial charge in [-0.15, -0.1) is 11.3 Å². The molecule has 0 aliphatic heterocycles. The van der Waals surface area contributed by atoms with E-state index in [2.05, 4.69) is 0 Å². The van der Waals surface area contributed by atoms with Gasteiger partial charge in [-0.25, -0.2) is 4.79 Å². The Labute approximate surface area is 136 Å². The van der Waals surface area contributed by atoms with Gasteiger partial charge in [-0.05, 0) is 24.3 Å². The first-order valence-corrected chi connectivity index (χ1v) is 7.56. The Kier molecular flexibility index (Phi) is 5.75. The zero-order valence-corrected chi connectivity index (χ0v) is 13.3. The number of thiophene rings is 1. The third-order valence-corrected chi connectivity index (χ3v) is 4.00. The molecule has 22 heavy (non-hydrogen) atoms. The minimum absolute atomic E-state index is 0.282. The van der Waals surface area contributed by atoms with Crippen molar-refractivity contribution in [3.8, 4) is 5.75 Å². The highest BCUT2D eigenvalue weighted by molar-refractivity contribution is 7.18. The minimum atomic E-state index is -0.595. The van der Waals surface area contributed by atoms with Crippen LogP contribution in [-0.4, -0.2) is 25.5 Å². The molecule has 6 heteroatoms. The summed E-state index contributed by atoms with van der Waals surface area (Å²) in [7, 11) is 1.55. The highest BCUT2D eigenvalue weighted by Crippen LogP contribution is 2.22. The first kappa shape index (κ1) is 16.3. The van der Waals surface area contributed by atoms with Crippen molar-refractivity contribution in [3.05, 3.63) is 57.3 Å². The van der Waals surface area contributed by atoms with Gasteiger partial charge in [-0.1, -0.05) is 29.8 Å². The standard InChI is InChI=1S/C16H13ClO4S/c1-20-13-5-3-2-4-11(13)6-9-16(19)21-10-12(18)14-7-8-15(17)22-14/h2-9H,10H2,1H3/b9-6-. The van der Waals surface area contributed by atoms with Crippen LogP contribution in [0.5, 0.6) is 5.75 Å². The van der Waals surface area contributed by atoms with Crippen molar-refractivity contribution >= 4 is 40.8 Å². The first-order valence-electron chi connectivity index (χ1n) is 6.36. The Morgan fingerprint density at radius 1 is 1.23 bits per heavy atom. The highest BCUT2D eigenvalue weighted by atomic mass is 35.5. The lowest BCUT2D eigenvalue weighted by molar-refractivity contribution is -0.136. The molecule has 0 aliphatic rings. The van der Waals surface area contributed by atoms with Crippen LogP contribution in [0.4, 0.5) is 0 Å². The molecule has 4 nitrogen and oxygen atoms in total. The van der Waals surface area contributed by atoms with E-state index in [0.717, 1.165) is 16.9 Å². The maximum absolute atomic E-state index is 11.8. The molecule has 2 aromatic rings. The Balaban J connectivity index is 1.90. The van der Waals surface area contributed by atoms with Gasteiger partial charge in [0.25, 0.3) is 0 Å². The number of rotatable bonds is 6. The van der Waals surface area contributed by atoms with Crippen molar-refractivity contribution in [1.29, 1.82) is 0 Å². The summed E-state index contributed by atoms with van der Waals surface area (Å²) in [4.78, 5) is 23.9. The monoisotopic (exact) mass is 336 g/mol. The van der Waals surface area contributed by atoms with E-state index in [9.17, 15) is 9.59 Å². The van der Waals surface area contributed by atoms with E-state index >= 15 is 0 Å². The van der Waals surface area contributed by atoms with E-state index in [-0.39, 0.29) is 12.4 Å². The topological polar surface area (TPSA) is 52.6 Å². The molecule has 0 N–H and O–H groups in total. The van der Waals surface area contributed by atoms with Crippen LogP contribution in [0.15, 0.2) is 42.5 Å². The second-order valence-corrected chi connectivity index (χ2v) is 5.93. The van der Waals surface area contributed by atoms with Gasteiger partial charge in [0.05, 0.1) is 16.3 Å². The maximum atomic E-state index is 11.8. The smallest absolute Gasteiger partial charge is 0.331 e. The zero-order valence-electron chi connectivity index (χ0n) is 11.7. The van der Waals surface area contributed by atoms with E-state index in [4.69, 9.17) is 21.1 Å². The third kappa shape index (κ3) is 4.44. The van der Waals surface area contributed by atoms with Gasteiger partial charge in [-0.3, -0.25) is 4.79 Å². The van der Waals surface area contributed by atoms with Crippen LogP contribution in [0.1, 0.15) is 15.2 Å². The number of ketones is 1. The number of esters is 1. The molecule has 1 aromatic heterocycles. The molecule has 0 radical (unpaired) electrons. The number of carbonyl (C=O) groups is 2. The van der Waals surface area contributed by atoms with Gasteiger partial charge in [0.1, 0.15) is 5.75 Å². The van der Waals surface area contributed by atoms with Crippen molar-refractivity contribution in [2.45, 2.75) is 0 Å². The Hall–Kier alpha value is -2.11. The normalized spacial score (nSPS) is 10.6. The molecule has 0 amide bonds. The fourth-order valence-electron chi connectivity index (χ4n) is 1.68. The van der Waals surface area contributed by atoms with Crippen molar-refractivity contribution in [3.63, 3.8) is 0 Å². The van der Waals surface area contributed by atoms with Crippen LogP contribution in [-0.2, 0) is 9.53 Å². The van der Waals surface area contributed by atoms with E-state index in [1.807, 2.05) is 12.1 Å². The molecule has 114 valence electrons. The van der Waals surface area contributed by atoms with Crippen molar-refractivity contribution < 1.29 is 19.1 Å². The molecule has 0 bridgehead atoms. The molecule has 0 spiro atoms. The molecule has 0 aliphatic carbocycles. The summed E-state index contributed by atoms with van der Waals surface area (Å²) in [5.74, 6) is -0.228. The van der Waals surface area contributed by atoms with Gasteiger partial charge in [0.15, 0.2) is 6.61 Å². The van der Waals surface area contributed by atoms with Crippen LogP contribution in [0, 0.1) is 0 Å². The van der Waals surface area contributed by atoms with E-state index < -0.39 is 5.97 Å². The van der Waals surface area contributed by atoms with Gasteiger partial charge in [0, 0.05) is 11.6 Å². The van der Waals surface area contributed by atoms with Crippen molar-refractivity contribution in [1.82, 2.24) is 0 Å². The van der Waals surface area contributed by atoms with Gasteiger partial charge >= 0.3 is 5.97 Å². The highest BCUT2D eigenvalue weighted by Gasteiger charge is 2.11. The summed E-state index contributed by atoms with van der Waals surface area (Å²) in [6.07, 6.45) is 2.83. The molecule has 0 saturated carbocycles. The molecule has 1 heterocycles. The van der Waals surface area contributed by atoms with Crippen molar-refractivity contribution in [2.75, 3.05) is 13.7 Å². The predicted octanol–water partition coefficient (Wildman–Crippen LogP) is 3.85. The summed E-state index contributed by atoms with van der Waals surface area (Å²) >= 11 is 6.90. The fourth-order valence-corrected chi connectivity index (χ4v) is 2.65. The summed E-state index contributed by atoms with van der Waals surface area (Å²) in [6.45, 7) is -0.314. The van der Waals surface area contributed by atoms with Crippen LogP contribution in [0.25, 0.3) is 6.08 Å². The second-order valence-electron chi connectivity index (χ2n) is 4.21. The third-order valence-electron chi connectivity index (χ3n) is 2.73. The number of hydrogen-bond donors (Lipinski definition) is 0. The second kappa shape index (κ2) is 7.77. The number of hydrogen-bond acceptors (Lipinski definition) is 5. The van der Waals surface area contributed by atoms with Gasteiger partial charge in [-0.2, -0.15) is 0 Å². The fraction of sp³-hybridized carbons (Fsp3) is 0.125. The number of methoxy groups -OCH3 is 1. The lowest BCUT2D eigenvalue weighted by Crippen LogP contribution is -2.11. The maximum Gasteiger partial charge on any atom is 0.331 e. The zero-order chi connectivity index (χ0) is 15.9. The van der Waals surface area contributed by atoms with Crippen LogP contribution < -0.4 is 4.74 Å². The average molecular weight is 337 g/mol. The summed E-state index contributed by atoms with van der Waals surface area (Å²) in [5, 5.41) is 0. The Bertz CT molecular complexity index is 706. The van der Waals surface area contributed by atoms with E-state index in [1.165, 1.54) is 6.08 Å². The Morgan fingerprint density at radius 3 is 2.68 bits per heavy atom. The van der Waals surface area contributed by atoms with Gasteiger partial charge in [0.2, 0.25) is 5.78 Å². The average Bonchev–Trinajstić information content (AvgIpc) is 2.97. The summed E-state index contributed by atoms with van der Waals surface area (Å²) in [6, 6.07) is 10.5. The molecular formula is C16H13ClO4S. The predicted molar refractivity (Wildman–Crippen MR) is 86.6 cm³/mol. The number of para-hydroxylation sites is 1. The number of benzene rings is 1. The molecule has 2 rings (SSSR count). The minimum Gasteiger partial charge on any atom is -0.496 e. The SMILES string of the molecule is COc1ccccc1/C=C\C(=O)OCC(=O)c1ccc(Cl)s1. The number of carbonyl (C=O) groups excluding carboxylic acids is 2. The summed E-state index contributed by atoms with van der Waals surface area (Å²) in [5.41, 5.74) is 0.748. The lowest BCUT2D eigenvalue weighted by Gasteiger charge is -2.03. The van der Waals surface area contributed by atoms with Crippen LogP contribution in [0.3, 0.4) is 0 Å². The molecule has 1 aromatic carbocycles. The summed E-state index contributed by atoms with van der Waals surface area (Å²) < 4.78 is 10.6. The molecule has 0 atom stereocenters. The van der Waals surface area contributed by atoms with Crippen LogP contribution >= 0.6 is 22.9 Å². The molecule has 0 saturated heterocycles. The Morgan fingerprint density at radius 2 is 2.00 bits per heavy atom. The largest absolute Gasteiger partial charge is 0.496 e.